The normalized spacial score (nSPS) is 11.5. The summed E-state index contributed by atoms with van der Waals surface area (Å²) in [6, 6.07) is 7.77. The fourth-order valence-electron chi connectivity index (χ4n) is 1.69. The minimum atomic E-state index is -0.607. The van der Waals surface area contributed by atoms with Gasteiger partial charge in [0.1, 0.15) is 24.0 Å². The van der Waals surface area contributed by atoms with E-state index in [1.165, 1.54) is 24.3 Å². The van der Waals surface area contributed by atoms with Gasteiger partial charge in [0.15, 0.2) is 5.84 Å². The van der Waals surface area contributed by atoms with Crippen molar-refractivity contribution in [2.75, 3.05) is 0 Å². The van der Waals surface area contributed by atoms with E-state index in [2.05, 4.69) is 5.16 Å². The van der Waals surface area contributed by atoms with Crippen molar-refractivity contribution in [1.82, 2.24) is 0 Å². The number of ether oxygens (including phenoxy) is 1. The zero-order chi connectivity index (χ0) is 15.4. The number of halogens is 3. The summed E-state index contributed by atoms with van der Waals surface area (Å²) in [5.41, 5.74) is 6.17. The summed E-state index contributed by atoms with van der Waals surface area (Å²) in [6.45, 7) is -0.00704. The van der Waals surface area contributed by atoms with Gasteiger partial charge in [-0.3, -0.25) is 0 Å². The van der Waals surface area contributed by atoms with Crippen LogP contribution < -0.4 is 10.5 Å². The molecule has 0 amide bonds. The highest BCUT2D eigenvalue weighted by molar-refractivity contribution is 6.30. The summed E-state index contributed by atoms with van der Waals surface area (Å²) in [6.07, 6.45) is 0. The molecule has 7 heteroatoms. The van der Waals surface area contributed by atoms with Gasteiger partial charge in [-0.2, -0.15) is 0 Å². The second kappa shape index (κ2) is 6.41. The highest BCUT2D eigenvalue weighted by Gasteiger charge is 2.10. The monoisotopic (exact) mass is 312 g/mol. The van der Waals surface area contributed by atoms with Gasteiger partial charge in [-0.25, -0.2) is 8.78 Å². The van der Waals surface area contributed by atoms with Crippen LogP contribution in [0.1, 0.15) is 11.1 Å². The molecule has 3 N–H and O–H groups in total. The summed E-state index contributed by atoms with van der Waals surface area (Å²) < 4.78 is 31.9. The molecule has 2 aromatic rings. The molecule has 2 aromatic carbocycles. The average molecular weight is 313 g/mol. The number of nitrogens with two attached hydrogens (primary N) is 1. The standard InChI is InChI=1S/C14H11ClF2N2O2/c15-12-4-3-10(6-13(12)17)21-7-8-1-2-9(16)5-11(8)14(18)19-20/h1-6,20H,7H2,(H2,18,19). The fourth-order valence-corrected chi connectivity index (χ4v) is 1.81. The molecule has 0 bridgehead atoms. The third-order valence-electron chi connectivity index (χ3n) is 2.74. The predicted molar refractivity (Wildman–Crippen MR) is 74.7 cm³/mol. The van der Waals surface area contributed by atoms with Crippen molar-refractivity contribution < 1.29 is 18.7 Å². The first kappa shape index (κ1) is 15.1. The Kier molecular flexibility index (Phi) is 4.59. The first-order chi connectivity index (χ1) is 10.0. The molecule has 4 nitrogen and oxygen atoms in total. The highest BCUT2D eigenvalue weighted by atomic mass is 35.5. The molecule has 0 aliphatic carbocycles. The van der Waals surface area contributed by atoms with Gasteiger partial charge >= 0.3 is 0 Å². The summed E-state index contributed by atoms with van der Waals surface area (Å²) in [5.74, 6) is -1.12. The third kappa shape index (κ3) is 3.61. The van der Waals surface area contributed by atoms with Gasteiger partial charge < -0.3 is 15.7 Å². The Morgan fingerprint density at radius 3 is 2.67 bits per heavy atom. The Hall–Kier alpha value is -2.34. The van der Waals surface area contributed by atoms with Crippen molar-refractivity contribution in [2.45, 2.75) is 6.61 Å². The maximum absolute atomic E-state index is 13.3. The summed E-state index contributed by atoms with van der Waals surface area (Å²) >= 11 is 5.57. The van der Waals surface area contributed by atoms with Crippen molar-refractivity contribution in [3.8, 4) is 5.75 Å². The van der Waals surface area contributed by atoms with Gasteiger partial charge in [0, 0.05) is 17.2 Å². The van der Waals surface area contributed by atoms with Crippen LogP contribution in [0.2, 0.25) is 5.02 Å². The van der Waals surface area contributed by atoms with Crippen LogP contribution in [0.3, 0.4) is 0 Å². The van der Waals surface area contributed by atoms with Crippen molar-refractivity contribution in [2.24, 2.45) is 10.9 Å². The lowest BCUT2D eigenvalue weighted by Crippen LogP contribution is -2.16. The SMILES string of the molecule is N/C(=N/O)c1cc(F)ccc1COc1ccc(Cl)c(F)c1. The van der Waals surface area contributed by atoms with Gasteiger partial charge in [-0.15, -0.1) is 0 Å². The lowest BCUT2D eigenvalue weighted by molar-refractivity contribution is 0.303. The second-order valence-electron chi connectivity index (χ2n) is 4.15. The Morgan fingerprint density at radius 2 is 2.00 bits per heavy atom. The molecular formula is C14H11ClF2N2O2. The van der Waals surface area contributed by atoms with Crippen LogP contribution in [0, 0.1) is 11.6 Å². The van der Waals surface area contributed by atoms with Crippen LogP contribution in [0.25, 0.3) is 0 Å². The van der Waals surface area contributed by atoms with Crippen molar-refractivity contribution in [3.63, 3.8) is 0 Å². The average Bonchev–Trinajstić information content (AvgIpc) is 2.48. The Morgan fingerprint density at radius 1 is 1.24 bits per heavy atom. The van der Waals surface area contributed by atoms with Crippen LogP contribution in [0.15, 0.2) is 41.6 Å². The number of hydrogen-bond acceptors (Lipinski definition) is 3. The van der Waals surface area contributed by atoms with Gasteiger partial charge in [-0.1, -0.05) is 22.8 Å². The Labute approximate surface area is 124 Å². The first-order valence-electron chi connectivity index (χ1n) is 5.85. The number of rotatable bonds is 4. The van der Waals surface area contributed by atoms with Gasteiger partial charge in [0.05, 0.1) is 5.02 Å². The van der Waals surface area contributed by atoms with Crippen molar-refractivity contribution in [3.05, 3.63) is 64.2 Å². The second-order valence-corrected chi connectivity index (χ2v) is 4.56. The lowest BCUT2D eigenvalue weighted by atomic mass is 10.1. The molecule has 0 unspecified atom stereocenters. The van der Waals surface area contributed by atoms with E-state index in [0.717, 1.165) is 12.1 Å². The van der Waals surface area contributed by atoms with Crippen LogP contribution in [0.5, 0.6) is 5.75 Å². The summed E-state index contributed by atoms with van der Waals surface area (Å²) in [4.78, 5) is 0. The number of oxime groups is 1. The maximum Gasteiger partial charge on any atom is 0.170 e. The van der Waals surface area contributed by atoms with Gasteiger partial charge in [0.25, 0.3) is 0 Å². The number of benzene rings is 2. The summed E-state index contributed by atoms with van der Waals surface area (Å²) in [5, 5.41) is 11.5. The molecule has 0 aliphatic heterocycles. The van der Waals surface area contributed by atoms with Crippen LogP contribution in [-0.2, 0) is 6.61 Å². The van der Waals surface area contributed by atoms with E-state index in [-0.39, 0.29) is 28.8 Å². The van der Waals surface area contributed by atoms with Gasteiger partial charge in [-0.05, 0) is 24.3 Å². The molecule has 0 spiro atoms. The number of amidine groups is 1. The van der Waals surface area contributed by atoms with E-state index >= 15 is 0 Å². The molecule has 2 rings (SSSR count). The van der Waals surface area contributed by atoms with E-state index in [1.54, 1.807) is 0 Å². The van der Waals surface area contributed by atoms with Crippen LogP contribution in [0.4, 0.5) is 8.78 Å². The zero-order valence-corrected chi connectivity index (χ0v) is 11.4. The van der Waals surface area contributed by atoms with E-state index in [9.17, 15) is 8.78 Å². The molecule has 0 fully saturated rings. The minimum Gasteiger partial charge on any atom is -0.489 e. The molecule has 0 aromatic heterocycles. The third-order valence-corrected chi connectivity index (χ3v) is 3.05. The van der Waals surface area contributed by atoms with Crippen molar-refractivity contribution >= 4 is 17.4 Å². The van der Waals surface area contributed by atoms with E-state index in [0.29, 0.717) is 5.56 Å². The molecular weight excluding hydrogens is 302 g/mol. The highest BCUT2D eigenvalue weighted by Crippen LogP contribution is 2.22. The van der Waals surface area contributed by atoms with Gasteiger partial charge in [0.2, 0.25) is 0 Å². The zero-order valence-electron chi connectivity index (χ0n) is 10.7. The Balaban J connectivity index is 2.21. The van der Waals surface area contributed by atoms with E-state index in [4.69, 9.17) is 27.3 Å². The van der Waals surface area contributed by atoms with Crippen LogP contribution in [-0.4, -0.2) is 11.0 Å². The maximum atomic E-state index is 13.3. The number of nitrogens with zero attached hydrogens (tertiary/aromatic N) is 1. The minimum absolute atomic E-state index is 0.00704. The largest absolute Gasteiger partial charge is 0.489 e. The molecule has 0 saturated carbocycles. The smallest absolute Gasteiger partial charge is 0.170 e. The van der Waals surface area contributed by atoms with E-state index in [1.807, 2.05) is 0 Å². The van der Waals surface area contributed by atoms with Crippen LogP contribution >= 0.6 is 11.6 Å². The fraction of sp³-hybridized carbons (Fsp3) is 0.0714. The molecule has 0 radical (unpaired) electrons. The molecule has 0 saturated heterocycles. The van der Waals surface area contributed by atoms with Crippen molar-refractivity contribution in [1.29, 1.82) is 0 Å². The van der Waals surface area contributed by atoms with E-state index < -0.39 is 11.6 Å². The quantitative estimate of drug-likeness (QED) is 0.394. The molecule has 21 heavy (non-hydrogen) atoms. The number of hydrogen-bond donors (Lipinski definition) is 2. The summed E-state index contributed by atoms with van der Waals surface area (Å²) in [7, 11) is 0. The Bertz CT molecular complexity index is 693. The first-order valence-corrected chi connectivity index (χ1v) is 6.23. The lowest BCUT2D eigenvalue weighted by Gasteiger charge is -2.11. The molecule has 0 atom stereocenters. The molecule has 110 valence electrons. The predicted octanol–water partition coefficient (Wildman–Crippen LogP) is 3.29. The molecule has 0 aliphatic rings. The topological polar surface area (TPSA) is 67.8 Å². The molecule has 0 heterocycles.